The highest BCUT2D eigenvalue weighted by Gasteiger charge is 2.54. The second-order valence-electron chi connectivity index (χ2n) is 5.35. The molecule has 0 aromatic heterocycles. The van der Waals surface area contributed by atoms with Crippen LogP contribution in [0.3, 0.4) is 0 Å². The Morgan fingerprint density at radius 1 is 1.25 bits per heavy atom. The molecule has 1 amide bonds. The summed E-state index contributed by atoms with van der Waals surface area (Å²) in [6.45, 7) is -0.960. The van der Waals surface area contributed by atoms with E-state index in [1.807, 2.05) is 5.32 Å². The first-order valence-corrected chi connectivity index (χ1v) is 6.81. The largest absolute Gasteiger partial charge is 0.481 e. The predicted molar refractivity (Wildman–Crippen MR) is 71.4 cm³/mol. The van der Waals surface area contributed by atoms with Crippen LogP contribution >= 0.6 is 0 Å². The zero-order chi connectivity index (χ0) is 18.7. The van der Waals surface area contributed by atoms with Crippen molar-refractivity contribution < 1.29 is 54.9 Å². The number of ether oxygens (including phenoxy) is 1. The maximum Gasteiger partial charge on any atom is 0.364 e. The Bertz CT molecular complexity index is 497. The summed E-state index contributed by atoms with van der Waals surface area (Å²) in [5.74, 6) is -7.35. The lowest BCUT2D eigenvalue weighted by atomic mass is 9.88. The van der Waals surface area contributed by atoms with Gasteiger partial charge in [0.05, 0.1) is 18.8 Å². The Balaban J connectivity index is 3.06. The number of aliphatic carboxylic acids is 2. The molecule has 1 rings (SSSR count). The molecule has 1 aliphatic heterocycles. The molecule has 8 N–H and O–H groups in total. The molecule has 0 aliphatic carbocycles. The minimum atomic E-state index is -2.91. The summed E-state index contributed by atoms with van der Waals surface area (Å²) in [4.78, 5) is 33.1. The predicted octanol–water partition coefficient (Wildman–Crippen LogP) is -4.42. The molecular weight excluding hydrogens is 334 g/mol. The van der Waals surface area contributed by atoms with Gasteiger partial charge in [-0.15, -0.1) is 0 Å². The van der Waals surface area contributed by atoms with Crippen LogP contribution in [0.15, 0.2) is 0 Å². The Morgan fingerprint density at radius 2 is 1.83 bits per heavy atom. The fraction of sp³-hybridized carbons (Fsp3) is 0.750. The van der Waals surface area contributed by atoms with Crippen molar-refractivity contribution in [2.45, 2.75) is 49.1 Å². The molecule has 12 nitrogen and oxygen atoms in total. The van der Waals surface area contributed by atoms with Crippen molar-refractivity contribution in [3.05, 3.63) is 0 Å². The van der Waals surface area contributed by atoms with Gasteiger partial charge in [0.25, 0.3) is 5.79 Å². The van der Waals surface area contributed by atoms with Crippen LogP contribution in [0.5, 0.6) is 0 Å². The number of aliphatic hydroxyl groups excluding tert-OH is 4. The fourth-order valence-electron chi connectivity index (χ4n) is 2.28. The molecule has 24 heavy (non-hydrogen) atoms. The third-order valence-corrected chi connectivity index (χ3v) is 3.48. The van der Waals surface area contributed by atoms with Crippen molar-refractivity contribution >= 4 is 17.8 Å². The second-order valence-corrected chi connectivity index (χ2v) is 5.35. The van der Waals surface area contributed by atoms with Crippen LogP contribution in [0.25, 0.3) is 0 Å². The molecule has 6 atom stereocenters. The maximum absolute atomic E-state index is 11.5. The average molecular weight is 353 g/mol. The van der Waals surface area contributed by atoms with E-state index in [4.69, 9.17) is 20.1 Å². The number of carbonyl (C=O) groups excluding carboxylic acids is 1. The molecule has 1 fully saturated rings. The van der Waals surface area contributed by atoms with E-state index >= 15 is 0 Å². The van der Waals surface area contributed by atoms with Crippen LogP contribution in [-0.2, 0) is 19.1 Å². The zero-order valence-electron chi connectivity index (χ0n) is 12.3. The van der Waals surface area contributed by atoms with Gasteiger partial charge in [0.15, 0.2) is 0 Å². The minimum absolute atomic E-state index is 0.890. The smallest absolute Gasteiger partial charge is 0.364 e. The van der Waals surface area contributed by atoms with E-state index in [-0.39, 0.29) is 0 Å². The Labute approximate surface area is 134 Å². The molecule has 12 heteroatoms. The van der Waals surface area contributed by atoms with Crippen molar-refractivity contribution in [2.75, 3.05) is 6.61 Å². The number of carboxylic acid groups (broad SMARTS) is 2. The van der Waals surface area contributed by atoms with Gasteiger partial charge in [-0.3, -0.25) is 9.59 Å². The summed E-state index contributed by atoms with van der Waals surface area (Å²) in [6.07, 6.45) is -9.28. The number of hydrogen-bond donors (Lipinski definition) is 8. The van der Waals surface area contributed by atoms with Crippen LogP contribution in [-0.4, -0.2) is 96.4 Å². The molecular formula is C12H19NO11. The Hall–Kier alpha value is -1.83. The van der Waals surface area contributed by atoms with Gasteiger partial charge >= 0.3 is 11.9 Å². The lowest BCUT2D eigenvalue weighted by Crippen LogP contribution is -2.67. The molecule has 1 saturated heterocycles. The lowest BCUT2D eigenvalue weighted by Gasteiger charge is -2.44. The number of rotatable bonds is 7. The zero-order valence-corrected chi connectivity index (χ0v) is 12.3. The van der Waals surface area contributed by atoms with Crippen molar-refractivity contribution in [3.8, 4) is 0 Å². The molecule has 3 unspecified atom stereocenters. The standard InChI is InChI=1S/C12H19NO11/c14-3-5(16)9(20)10-8(13-6(17)1-7(18)19)4(15)2-12(23,24-10)11(21)22/h4-5,8-10,14-16,20,23H,1-3H2,(H,13,17)(H,18,19)(H,21,22)/t4?,5-,8-,9-,10?,12?/m1/s1. The molecule has 138 valence electrons. The van der Waals surface area contributed by atoms with Gasteiger partial charge < -0.3 is 45.8 Å². The summed E-state index contributed by atoms with van der Waals surface area (Å²) in [6, 6.07) is -1.53. The van der Waals surface area contributed by atoms with E-state index in [9.17, 15) is 34.8 Å². The van der Waals surface area contributed by atoms with E-state index in [2.05, 4.69) is 0 Å². The number of amides is 1. The van der Waals surface area contributed by atoms with Gasteiger partial charge in [0, 0.05) is 6.42 Å². The third-order valence-electron chi connectivity index (χ3n) is 3.48. The van der Waals surface area contributed by atoms with Crippen molar-refractivity contribution in [1.29, 1.82) is 0 Å². The SMILES string of the molecule is O=C(O)CC(=O)N[C@@H]1C(O)CC(O)(C(=O)O)OC1[C@H](O)[C@H](O)CO. The fourth-order valence-corrected chi connectivity index (χ4v) is 2.28. The average Bonchev–Trinajstić information content (AvgIpc) is 2.47. The highest BCUT2D eigenvalue weighted by Crippen LogP contribution is 2.30. The summed E-state index contributed by atoms with van der Waals surface area (Å²) in [5, 5.41) is 67.6. The summed E-state index contributed by atoms with van der Waals surface area (Å²) in [5.41, 5.74) is 0. The van der Waals surface area contributed by atoms with Crippen LogP contribution in [0.4, 0.5) is 0 Å². The highest BCUT2D eigenvalue weighted by molar-refractivity contribution is 5.93. The monoisotopic (exact) mass is 353 g/mol. The topological polar surface area (TPSA) is 214 Å². The van der Waals surface area contributed by atoms with Gasteiger partial charge in [-0.1, -0.05) is 0 Å². The summed E-state index contributed by atoms with van der Waals surface area (Å²) < 4.78 is 4.82. The number of carboxylic acids is 2. The van der Waals surface area contributed by atoms with Crippen molar-refractivity contribution in [3.63, 3.8) is 0 Å². The normalized spacial score (nSPS) is 32.6. The quantitative estimate of drug-likeness (QED) is 0.204. The number of aliphatic hydroxyl groups is 5. The molecule has 0 aromatic carbocycles. The molecule has 0 radical (unpaired) electrons. The number of nitrogens with one attached hydrogen (secondary N) is 1. The van der Waals surface area contributed by atoms with Crippen LogP contribution in [0.1, 0.15) is 12.8 Å². The first-order chi connectivity index (χ1) is 11.0. The van der Waals surface area contributed by atoms with E-state index in [1.54, 1.807) is 0 Å². The summed E-state index contributed by atoms with van der Waals surface area (Å²) >= 11 is 0. The van der Waals surface area contributed by atoms with E-state index in [0.717, 1.165) is 0 Å². The van der Waals surface area contributed by atoms with Gasteiger partial charge in [0.2, 0.25) is 5.91 Å². The van der Waals surface area contributed by atoms with E-state index < -0.39 is 73.5 Å². The third kappa shape index (κ3) is 4.59. The first kappa shape index (κ1) is 20.2. The van der Waals surface area contributed by atoms with Crippen molar-refractivity contribution in [1.82, 2.24) is 5.32 Å². The van der Waals surface area contributed by atoms with Gasteiger partial charge in [-0.25, -0.2) is 4.79 Å². The first-order valence-electron chi connectivity index (χ1n) is 6.81. The number of carbonyl (C=O) groups is 3. The van der Waals surface area contributed by atoms with Crippen LogP contribution < -0.4 is 5.32 Å². The molecule has 0 spiro atoms. The highest BCUT2D eigenvalue weighted by atomic mass is 16.7. The molecule has 0 saturated carbocycles. The Morgan fingerprint density at radius 3 is 2.29 bits per heavy atom. The molecule has 0 bridgehead atoms. The maximum atomic E-state index is 11.5. The molecule has 1 heterocycles. The Kier molecular flexibility index (Phi) is 6.59. The minimum Gasteiger partial charge on any atom is -0.481 e. The molecule has 0 aromatic rings. The van der Waals surface area contributed by atoms with E-state index in [0.29, 0.717) is 0 Å². The van der Waals surface area contributed by atoms with Gasteiger partial charge in [-0.05, 0) is 0 Å². The van der Waals surface area contributed by atoms with Crippen LogP contribution in [0, 0.1) is 0 Å². The van der Waals surface area contributed by atoms with E-state index in [1.165, 1.54) is 0 Å². The van der Waals surface area contributed by atoms with Crippen molar-refractivity contribution in [2.24, 2.45) is 0 Å². The summed E-state index contributed by atoms with van der Waals surface area (Å²) in [7, 11) is 0. The lowest BCUT2D eigenvalue weighted by molar-refractivity contribution is -0.295. The number of hydrogen-bond acceptors (Lipinski definition) is 9. The van der Waals surface area contributed by atoms with Gasteiger partial charge in [-0.2, -0.15) is 0 Å². The second kappa shape index (κ2) is 7.83. The van der Waals surface area contributed by atoms with Crippen LogP contribution in [0.2, 0.25) is 0 Å². The van der Waals surface area contributed by atoms with Gasteiger partial charge in [0.1, 0.15) is 24.7 Å². The molecule has 1 aliphatic rings.